The summed E-state index contributed by atoms with van der Waals surface area (Å²) < 4.78 is 0. The van der Waals surface area contributed by atoms with Gasteiger partial charge in [0.25, 0.3) is 0 Å². The lowest BCUT2D eigenvalue weighted by Crippen LogP contribution is -2.41. The molecule has 14 heteroatoms. The van der Waals surface area contributed by atoms with Crippen molar-refractivity contribution < 1.29 is 38.7 Å². The van der Waals surface area contributed by atoms with Crippen LogP contribution in [0.5, 0.6) is 0 Å². The Kier molecular flexibility index (Phi) is 46.4. The predicted molar refractivity (Wildman–Crippen MR) is 173 cm³/mol. The quantitative estimate of drug-likeness (QED) is 0.129. The molecule has 0 aliphatic heterocycles. The topological polar surface area (TPSA) is 226 Å². The first-order valence-corrected chi connectivity index (χ1v) is 14.2. The molecule has 0 heterocycles. The Balaban J connectivity index is -0.000000167. The summed E-state index contributed by atoms with van der Waals surface area (Å²) in [6, 6.07) is 9.17. The molecule has 0 fully saturated rings. The zero-order valence-electron chi connectivity index (χ0n) is 27.6. The zero-order valence-corrected chi connectivity index (χ0v) is 27.6. The fourth-order valence-corrected chi connectivity index (χ4v) is 2.59. The third kappa shape index (κ3) is 40.1. The van der Waals surface area contributed by atoms with Crippen LogP contribution in [0.25, 0.3) is 0 Å². The van der Waals surface area contributed by atoms with E-state index in [0.29, 0.717) is 32.1 Å². The van der Waals surface area contributed by atoms with Crippen LogP contribution < -0.4 is 32.3 Å². The standard InChI is InChI=1S/C13H18N2O2.C9H15NO4.C3H7NO.C2H7N.C2H6.CH3NO/c1-14-10-13(17)15-12(7-8-16)9-11-5-3-2-4-6-11;1-3-7(5-11)10-8(12)4-6(2)9(13)14;1-4-2-3-5;1-3-2;1-2;2-1-3/h2-6,8,12,14H,7,9-10H2,1H3,(H,15,17);5-7H,3-4H2,1-2H3,(H,10,12)(H,13,14);3-4H,2H2,1H3;3H,1-2H3;1-2H3;1H,(H2,2,3). The molecule has 0 bridgehead atoms. The van der Waals surface area contributed by atoms with E-state index in [1.165, 1.54) is 6.92 Å². The van der Waals surface area contributed by atoms with E-state index in [-0.39, 0.29) is 31.3 Å². The lowest BCUT2D eigenvalue weighted by Gasteiger charge is -2.16. The van der Waals surface area contributed by atoms with Crippen LogP contribution in [-0.4, -0.2) is 102 Å². The maximum atomic E-state index is 11.4. The highest BCUT2D eigenvalue weighted by molar-refractivity contribution is 5.84. The van der Waals surface area contributed by atoms with Crippen molar-refractivity contribution in [1.82, 2.24) is 26.6 Å². The molecule has 0 spiro atoms. The molecule has 8 N–H and O–H groups in total. The Morgan fingerprint density at radius 3 is 1.75 bits per heavy atom. The highest BCUT2D eigenvalue weighted by Crippen LogP contribution is 2.05. The fourth-order valence-electron chi connectivity index (χ4n) is 2.59. The molecule has 1 aromatic rings. The van der Waals surface area contributed by atoms with Gasteiger partial charge < -0.3 is 51.8 Å². The number of aldehydes is 3. The van der Waals surface area contributed by atoms with Crippen molar-refractivity contribution in [2.45, 2.75) is 65.5 Å². The minimum Gasteiger partial charge on any atom is -0.481 e. The van der Waals surface area contributed by atoms with Crippen LogP contribution in [0.15, 0.2) is 30.3 Å². The second-order valence-corrected chi connectivity index (χ2v) is 8.41. The van der Waals surface area contributed by atoms with Crippen LogP contribution in [0, 0.1) is 5.92 Å². The number of hydrogen-bond donors (Lipinski definition) is 7. The van der Waals surface area contributed by atoms with E-state index in [2.05, 4.69) is 32.3 Å². The van der Waals surface area contributed by atoms with Gasteiger partial charge in [-0.1, -0.05) is 58.0 Å². The summed E-state index contributed by atoms with van der Waals surface area (Å²) in [5, 5.41) is 22.0. The molecule has 14 nitrogen and oxygen atoms in total. The molecule has 44 heavy (non-hydrogen) atoms. The van der Waals surface area contributed by atoms with Gasteiger partial charge in [0.15, 0.2) is 0 Å². The number of carbonyl (C=O) groups is 7. The molecule has 3 unspecified atom stereocenters. The minimum atomic E-state index is -1.01. The number of hydrogen-bond acceptors (Lipinski definition) is 10. The van der Waals surface area contributed by atoms with E-state index in [1.807, 2.05) is 58.3 Å². The number of nitrogens with two attached hydrogens (primary N) is 1. The van der Waals surface area contributed by atoms with Gasteiger partial charge in [-0.15, -0.1) is 0 Å². The minimum absolute atomic E-state index is 0.0877. The third-order valence-electron chi connectivity index (χ3n) is 4.56. The van der Waals surface area contributed by atoms with Crippen LogP contribution in [-0.2, 0) is 40.0 Å². The summed E-state index contributed by atoms with van der Waals surface area (Å²) >= 11 is 0. The first-order valence-electron chi connectivity index (χ1n) is 14.2. The lowest BCUT2D eigenvalue weighted by atomic mass is 10.0. The van der Waals surface area contributed by atoms with Gasteiger partial charge in [-0.25, -0.2) is 0 Å². The van der Waals surface area contributed by atoms with Crippen LogP contribution in [0.1, 0.15) is 52.5 Å². The molecule has 1 aromatic carbocycles. The molecular weight excluding hydrogens is 572 g/mol. The molecule has 0 saturated heterocycles. The molecule has 0 aliphatic carbocycles. The first kappa shape index (κ1) is 49.7. The van der Waals surface area contributed by atoms with E-state index in [1.54, 1.807) is 21.0 Å². The van der Waals surface area contributed by atoms with Gasteiger partial charge in [0.05, 0.1) is 25.0 Å². The van der Waals surface area contributed by atoms with Crippen molar-refractivity contribution in [1.29, 1.82) is 0 Å². The Morgan fingerprint density at radius 1 is 0.886 bits per heavy atom. The van der Waals surface area contributed by atoms with Gasteiger partial charge in [0.2, 0.25) is 18.2 Å². The maximum absolute atomic E-state index is 11.4. The number of amides is 3. The Labute approximate surface area is 262 Å². The first-order chi connectivity index (χ1) is 21.0. The summed E-state index contributed by atoms with van der Waals surface area (Å²) in [6.07, 6.45) is 3.98. The van der Waals surface area contributed by atoms with Crippen LogP contribution >= 0.6 is 0 Å². The monoisotopic (exact) mass is 628 g/mol. The molecule has 3 amide bonds. The van der Waals surface area contributed by atoms with E-state index in [9.17, 15) is 28.8 Å². The van der Waals surface area contributed by atoms with Crippen LogP contribution in [0.2, 0.25) is 0 Å². The largest absolute Gasteiger partial charge is 0.481 e. The number of primary amides is 1. The summed E-state index contributed by atoms with van der Waals surface area (Å²) in [5.74, 6) is -2.23. The van der Waals surface area contributed by atoms with Crippen LogP contribution in [0.4, 0.5) is 0 Å². The smallest absolute Gasteiger partial charge is 0.306 e. The van der Waals surface area contributed by atoms with Crippen molar-refractivity contribution >= 4 is 43.1 Å². The average Bonchev–Trinajstić information content (AvgIpc) is 2.99. The van der Waals surface area contributed by atoms with E-state index >= 15 is 0 Å². The predicted octanol–water partition coefficient (Wildman–Crippen LogP) is 0.0812. The molecule has 0 aliphatic rings. The van der Waals surface area contributed by atoms with Crippen molar-refractivity contribution in [3.8, 4) is 0 Å². The maximum Gasteiger partial charge on any atom is 0.306 e. The molecule has 0 aromatic heterocycles. The number of carboxylic acid groups (broad SMARTS) is 1. The van der Waals surface area contributed by atoms with Gasteiger partial charge in [0.1, 0.15) is 18.9 Å². The van der Waals surface area contributed by atoms with Crippen molar-refractivity contribution in [2.75, 3.05) is 41.3 Å². The molecule has 0 saturated carbocycles. The average molecular weight is 629 g/mol. The second-order valence-electron chi connectivity index (χ2n) is 8.41. The molecule has 1 rings (SSSR count). The number of carbonyl (C=O) groups excluding carboxylic acids is 6. The molecule has 0 radical (unpaired) electrons. The van der Waals surface area contributed by atoms with Crippen molar-refractivity contribution in [2.24, 2.45) is 11.7 Å². The van der Waals surface area contributed by atoms with Gasteiger partial charge in [-0.05, 0) is 46.6 Å². The number of nitrogens with one attached hydrogen (secondary N) is 5. The van der Waals surface area contributed by atoms with E-state index in [0.717, 1.165) is 18.1 Å². The molecule has 3 atom stereocenters. The fraction of sp³-hybridized carbons (Fsp3) is 0.567. The number of rotatable bonds is 15. The van der Waals surface area contributed by atoms with E-state index in [4.69, 9.17) is 9.90 Å². The summed E-state index contributed by atoms with van der Waals surface area (Å²) in [7, 11) is 7.19. The summed E-state index contributed by atoms with van der Waals surface area (Å²) in [6.45, 7) is 7.94. The number of likely N-dealkylation sites (N-methyl/N-ethyl adjacent to an activating group) is 2. The Bertz CT molecular complexity index is 838. The normalized spacial score (nSPS) is 10.7. The highest BCUT2D eigenvalue weighted by atomic mass is 16.4. The van der Waals surface area contributed by atoms with Crippen molar-refractivity contribution in [3.63, 3.8) is 0 Å². The van der Waals surface area contributed by atoms with Gasteiger partial charge in [-0.2, -0.15) is 0 Å². The van der Waals surface area contributed by atoms with E-state index < -0.39 is 23.8 Å². The second kappa shape index (κ2) is 41.1. The summed E-state index contributed by atoms with van der Waals surface area (Å²) in [4.78, 5) is 71.9. The lowest BCUT2D eigenvalue weighted by molar-refractivity contribution is -0.143. The number of aliphatic carboxylic acids is 1. The Hall–Kier alpha value is -4.01. The number of benzene rings is 1. The molecular formula is C30H56N6O8. The summed E-state index contributed by atoms with van der Waals surface area (Å²) in [5.41, 5.74) is 5.28. The van der Waals surface area contributed by atoms with Crippen molar-refractivity contribution in [3.05, 3.63) is 35.9 Å². The zero-order chi connectivity index (χ0) is 35.2. The van der Waals surface area contributed by atoms with Gasteiger partial charge in [0, 0.05) is 18.9 Å². The van der Waals surface area contributed by atoms with Gasteiger partial charge >= 0.3 is 5.97 Å². The van der Waals surface area contributed by atoms with Crippen LogP contribution in [0.3, 0.4) is 0 Å². The highest BCUT2D eigenvalue weighted by Gasteiger charge is 2.17. The van der Waals surface area contributed by atoms with Gasteiger partial charge in [-0.3, -0.25) is 19.2 Å². The Morgan fingerprint density at radius 2 is 1.41 bits per heavy atom. The third-order valence-corrected chi connectivity index (χ3v) is 4.56. The number of carboxylic acids is 1. The SMILES string of the molecule is CC.CCC(C=O)NC(=O)CC(C)C(=O)O.CNC.CNCC(=O)NC(CC=O)Cc1ccccc1.CNCC=O.NC=O. The molecule has 254 valence electrons.